The molecule has 1 aliphatic carbocycles. The average molecular weight is 274 g/mol. The van der Waals surface area contributed by atoms with Crippen LogP contribution in [0.3, 0.4) is 0 Å². The van der Waals surface area contributed by atoms with Crippen molar-refractivity contribution in [2.75, 3.05) is 0 Å². The minimum atomic E-state index is -0.149. The molecule has 1 aliphatic rings. The first-order valence-electron chi connectivity index (χ1n) is 6.89. The molecule has 0 aliphatic heterocycles. The molecule has 0 radical (unpaired) electrons. The van der Waals surface area contributed by atoms with Crippen molar-refractivity contribution >= 4 is 5.91 Å². The van der Waals surface area contributed by atoms with Crippen molar-refractivity contribution < 1.29 is 4.79 Å². The summed E-state index contributed by atoms with van der Waals surface area (Å²) < 4.78 is 1.66. The monoisotopic (exact) mass is 274 g/mol. The molecule has 1 amide bonds. The Morgan fingerprint density at radius 2 is 2.45 bits per heavy atom. The molecular formula is C13H18N6O. The van der Waals surface area contributed by atoms with Gasteiger partial charge in [-0.2, -0.15) is 10.2 Å². The van der Waals surface area contributed by atoms with Crippen molar-refractivity contribution in [2.24, 2.45) is 5.92 Å². The topological polar surface area (TPSA) is 88.5 Å². The van der Waals surface area contributed by atoms with Crippen molar-refractivity contribution in [2.45, 2.75) is 39.3 Å². The molecule has 2 N–H and O–H groups in total. The molecule has 7 heteroatoms. The molecule has 20 heavy (non-hydrogen) atoms. The van der Waals surface area contributed by atoms with Crippen LogP contribution in [0.15, 0.2) is 12.7 Å². The van der Waals surface area contributed by atoms with E-state index >= 15 is 0 Å². The van der Waals surface area contributed by atoms with E-state index in [4.69, 9.17) is 0 Å². The molecule has 0 saturated carbocycles. The fourth-order valence-corrected chi connectivity index (χ4v) is 2.57. The van der Waals surface area contributed by atoms with Gasteiger partial charge in [0, 0.05) is 5.69 Å². The number of carbonyl (C=O) groups is 1. The van der Waals surface area contributed by atoms with Gasteiger partial charge in [0.2, 0.25) is 5.91 Å². The highest BCUT2D eigenvalue weighted by Crippen LogP contribution is 2.22. The number of carbonyl (C=O) groups excluding carboxylic acids is 1. The minimum Gasteiger partial charge on any atom is -0.350 e. The van der Waals surface area contributed by atoms with Gasteiger partial charge in [0.05, 0.1) is 24.7 Å². The van der Waals surface area contributed by atoms with E-state index in [0.29, 0.717) is 13.1 Å². The van der Waals surface area contributed by atoms with E-state index < -0.39 is 0 Å². The standard InChI is InChI=1S/C13H18N6O/c1-9(6-19-8-14-7-16-19)13(20)15-5-12-10-3-2-4-11(10)17-18-12/h7-9H,2-6H2,1H3,(H,15,20)(H,17,18)/t9-/m1/s1. The minimum absolute atomic E-state index is 0.00949. The maximum Gasteiger partial charge on any atom is 0.225 e. The number of hydrogen-bond acceptors (Lipinski definition) is 4. The number of rotatable bonds is 5. The smallest absolute Gasteiger partial charge is 0.225 e. The summed E-state index contributed by atoms with van der Waals surface area (Å²) in [5, 5.41) is 14.3. The van der Waals surface area contributed by atoms with Crippen molar-refractivity contribution in [3.05, 3.63) is 29.6 Å². The van der Waals surface area contributed by atoms with E-state index in [0.717, 1.165) is 18.5 Å². The van der Waals surface area contributed by atoms with E-state index in [1.165, 1.54) is 24.0 Å². The van der Waals surface area contributed by atoms with Crippen LogP contribution in [0.25, 0.3) is 0 Å². The van der Waals surface area contributed by atoms with Crippen LogP contribution in [-0.4, -0.2) is 30.9 Å². The Balaban J connectivity index is 1.53. The second kappa shape index (κ2) is 5.44. The summed E-state index contributed by atoms with van der Waals surface area (Å²) in [6.45, 7) is 2.91. The molecule has 3 rings (SSSR count). The van der Waals surface area contributed by atoms with E-state index in [2.05, 4.69) is 25.6 Å². The van der Waals surface area contributed by atoms with E-state index in [9.17, 15) is 4.79 Å². The SMILES string of the molecule is C[C@H](Cn1cncn1)C(=O)NCc1n[nH]c2c1CCC2. The third kappa shape index (κ3) is 2.56. The van der Waals surface area contributed by atoms with Crippen LogP contribution in [0.1, 0.15) is 30.3 Å². The van der Waals surface area contributed by atoms with E-state index in [-0.39, 0.29) is 11.8 Å². The summed E-state index contributed by atoms with van der Waals surface area (Å²) in [4.78, 5) is 15.9. The number of amides is 1. The van der Waals surface area contributed by atoms with Crippen LogP contribution in [0, 0.1) is 5.92 Å². The van der Waals surface area contributed by atoms with Crippen LogP contribution in [0.5, 0.6) is 0 Å². The number of hydrogen-bond donors (Lipinski definition) is 2. The molecule has 0 unspecified atom stereocenters. The summed E-state index contributed by atoms with van der Waals surface area (Å²) in [6.07, 6.45) is 6.39. The van der Waals surface area contributed by atoms with Crippen molar-refractivity contribution in [3.8, 4) is 0 Å². The Kier molecular flexibility index (Phi) is 3.49. The number of aryl methyl sites for hydroxylation is 1. The molecule has 0 bridgehead atoms. The Bertz CT molecular complexity index is 588. The van der Waals surface area contributed by atoms with Crippen molar-refractivity contribution in [1.82, 2.24) is 30.3 Å². The second-order valence-electron chi connectivity index (χ2n) is 5.22. The molecule has 2 aromatic heterocycles. The van der Waals surface area contributed by atoms with Gasteiger partial charge in [-0.25, -0.2) is 4.98 Å². The van der Waals surface area contributed by atoms with Gasteiger partial charge in [-0.1, -0.05) is 6.92 Å². The summed E-state index contributed by atoms with van der Waals surface area (Å²) >= 11 is 0. The molecule has 0 aromatic carbocycles. The maximum absolute atomic E-state index is 12.1. The van der Waals surface area contributed by atoms with Gasteiger partial charge < -0.3 is 5.32 Å². The highest BCUT2D eigenvalue weighted by Gasteiger charge is 2.19. The number of aromatic amines is 1. The molecule has 2 aromatic rings. The highest BCUT2D eigenvalue weighted by atomic mass is 16.1. The third-order valence-electron chi connectivity index (χ3n) is 3.70. The lowest BCUT2D eigenvalue weighted by Gasteiger charge is -2.11. The number of nitrogens with zero attached hydrogens (tertiary/aromatic N) is 4. The Morgan fingerprint density at radius 3 is 3.25 bits per heavy atom. The zero-order chi connectivity index (χ0) is 13.9. The number of aromatic nitrogens is 5. The lowest BCUT2D eigenvalue weighted by atomic mass is 10.1. The zero-order valence-electron chi connectivity index (χ0n) is 11.5. The lowest BCUT2D eigenvalue weighted by molar-refractivity contribution is -0.125. The molecular weight excluding hydrogens is 256 g/mol. The van der Waals surface area contributed by atoms with Gasteiger partial charge in [-0.3, -0.25) is 14.6 Å². The second-order valence-corrected chi connectivity index (χ2v) is 5.22. The summed E-state index contributed by atoms with van der Waals surface area (Å²) in [6, 6.07) is 0. The predicted molar refractivity (Wildman–Crippen MR) is 71.6 cm³/mol. The molecule has 7 nitrogen and oxygen atoms in total. The van der Waals surface area contributed by atoms with Gasteiger partial charge in [0.25, 0.3) is 0 Å². The fourth-order valence-electron chi connectivity index (χ4n) is 2.57. The molecule has 0 fully saturated rings. The van der Waals surface area contributed by atoms with Crippen LogP contribution in [-0.2, 0) is 30.7 Å². The molecule has 1 atom stereocenters. The average Bonchev–Trinajstić information content (AvgIpc) is 3.13. The third-order valence-corrected chi connectivity index (χ3v) is 3.70. The number of H-pyrrole nitrogens is 1. The van der Waals surface area contributed by atoms with Crippen LogP contribution < -0.4 is 5.32 Å². The van der Waals surface area contributed by atoms with Gasteiger partial charge in [-0.15, -0.1) is 0 Å². The van der Waals surface area contributed by atoms with Gasteiger partial charge in [0.15, 0.2) is 0 Å². The zero-order valence-corrected chi connectivity index (χ0v) is 11.5. The largest absolute Gasteiger partial charge is 0.350 e. The van der Waals surface area contributed by atoms with Crippen LogP contribution >= 0.6 is 0 Å². The Morgan fingerprint density at radius 1 is 1.55 bits per heavy atom. The first-order chi connectivity index (χ1) is 9.74. The number of nitrogens with one attached hydrogen (secondary N) is 2. The number of fused-ring (bicyclic) bond motifs is 1. The Hall–Kier alpha value is -2.18. The van der Waals surface area contributed by atoms with Crippen molar-refractivity contribution in [1.29, 1.82) is 0 Å². The fraction of sp³-hybridized carbons (Fsp3) is 0.538. The summed E-state index contributed by atoms with van der Waals surface area (Å²) in [5.74, 6) is -0.140. The summed E-state index contributed by atoms with van der Waals surface area (Å²) in [7, 11) is 0. The van der Waals surface area contributed by atoms with Gasteiger partial charge >= 0.3 is 0 Å². The molecule has 0 spiro atoms. The summed E-state index contributed by atoms with van der Waals surface area (Å²) in [5.41, 5.74) is 3.48. The quantitative estimate of drug-likeness (QED) is 0.828. The highest BCUT2D eigenvalue weighted by molar-refractivity contribution is 5.78. The van der Waals surface area contributed by atoms with Crippen molar-refractivity contribution in [3.63, 3.8) is 0 Å². The van der Waals surface area contributed by atoms with Gasteiger partial charge in [0.1, 0.15) is 12.7 Å². The van der Waals surface area contributed by atoms with Gasteiger partial charge in [-0.05, 0) is 24.8 Å². The van der Waals surface area contributed by atoms with Crippen LogP contribution in [0.4, 0.5) is 0 Å². The maximum atomic E-state index is 12.1. The lowest BCUT2D eigenvalue weighted by Crippen LogP contribution is -2.31. The van der Waals surface area contributed by atoms with Crippen LogP contribution in [0.2, 0.25) is 0 Å². The first-order valence-corrected chi connectivity index (χ1v) is 6.89. The van der Waals surface area contributed by atoms with E-state index in [1.807, 2.05) is 6.92 Å². The van der Waals surface area contributed by atoms with E-state index in [1.54, 1.807) is 11.0 Å². The normalized spacial score (nSPS) is 15.1. The molecule has 2 heterocycles. The molecule has 0 saturated heterocycles. The predicted octanol–water partition coefficient (Wildman–Crippen LogP) is 0.442. The molecule has 106 valence electrons. The Labute approximate surface area is 116 Å². The first kappa shape index (κ1) is 12.8.